The molecular formula is C19H20N2O3. The number of benzene rings is 1. The zero-order valence-corrected chi connectivity index (χ0v) is 13.6. The molecule has 1 fully saturated rings. The summed E-state index contributed by atoms with van der Waals surface area (Å²) in [7, 11) is 0. The molecule has 0 radical (unpaired) electrons. The van der Waals surface area contributed by atoms with Crippen molar-refractivity contribution in [1.82, 2.24) is 4.90 Å². The minimum absolute atomic E-state index is 0.00187. The molecule has 1 aromatic carbocycles. The van der Waals surface area contributed by atoms with E-state index in [1.807, 2.05) is 35.2 Å². The summed E-state index contributed by atoms with van der Waals surface area (Å²) in [5.41, 5.74) is 1.80. The molecule has 5 nitrogen and oxygen atoms in total. The smallest absolute Gasteiger partial charge is 0.246 e. The Kier molecular flexibility index (Phi) is 4.79. The van der Waals surface area contributed by atoms with Crippen molar-refractivity contribution in [3.8, 4) is 0 Å². The van der Waals surface area contributed by atoms with Gasteiger partial charge in [-0.05, 0) is 49.4 Å². The number of rotatable bonds is 4. The molecule has 1 aliphatic rings. The largest absolute Gasteiger partial charge is 0.465 e. The first-order valence-corrected chi connectivity index (χ1v) is 8.00. The van der Waals surface area contributed by atoms with E-state index in [-0.39, 0.29) is 11.7 Å². The van der Waals surface area contributed by atoms with E-state index < -0.39 is 0 Å². The molecule has 2 heterocycles. The maximum atomic E-state index is 12.2. The lowest BCUT2D eigenvalue weighted by Gasteiger charge is -2.35. The summed E-state index contributed by atoms with van der Waals surface area (Å²) in [5.74, 6) is 0.742. The molecule has 0 unspecified atom stereocenters. The normalized spacial score (nSPS) is 15.0. The van der Waals surface area contributed by atoms with Crippen molar-refractivity contribution < 1.29 is 14.0 Å². The van der Waals surface area contributed by atoms with Gasteiger partial charge >= 0.3 is 0 Å². The van der Waals surface area contributed by atoms with Gasteiger partial charge in [0, 0.05) is 43.5 Å². The van der Waals surface area contributed by atoms with Crippen LogP contribution in [0.1, 0.15) is 23.0 Å². The van der Waals surface area contributed by atoms with E-state index in [1.165, 1.54) is 0 Å². The highest BCUT2D eigenvalue weighted by atomic mass is 16.3. The van der Waals surface area contributed by atoms with Crippen molar-refractivity contribution in [3.63, 3.8) is 0 Å². The Balaban J connectivity index is 1.55. The number of nitrogens with zero attached hydrogens (tertiary/aromatic N) is 2. The van der Waals surface area contributed by atoms with Crippen molar-refractivity contribution in [3.05, 3.63) is 60.1 Å². The lowest BCUT2D eigenvalue weighted by atomic mass is 10.1. The van der Waals surface area contributed by atoms with Gasteiger partial charge in [-0.15, -0.1) is 0 Å². The van der Waals surface area contributed by atoms with Crippen LogP contribution in [0.25, 0.3) is 6.08 Å². The molecule has 0 N–H and O–H groups in total. The standard InChI is InChI=1S/C19H20N2O3/c1-15(22)16-4-6-17(7-5-16)20-10-12-21(13-11-20)19(23)9-8-18-3-2-14-24-18/h2-9,14H,10-13H2,1H3/b9-8+. The first-order chi connectivity index (χ1) is 11.6. The Bertz CT molecular complexity index is 724. The van der Waals surface area contributed by atoms with Crippen LogP contribution in [0.3, 0.4) is 0 Å². The molecule has 124 valence electrons. The van der Waals surface area contributed by atoms with Gasteiger partial charge in [0.05, 0.1) is 6.26 Å². The van der Waals surface area contributed by atoms with E-state index in [0.29, 0.717) is 18.8 Å². The van der Waals surface area contributed by atoms with Crippen LogP contribution in [0, 0.1) is 0 Å². The molecule has 0 aliphatic carbocycles. The summed E-state index contributed by atoms with van der Waals surface area (Å²) in [4.78, 5) is 27.6. The van der Waals surface area contributed by atoms with Gasteiger partial charge < -0.3 is 14.2 Å². The first kappa shape index (κ1) is 16.1. The topological polar surface area (TPSA) is 53.8 Å². The van der Waals surface area contributed by atoms with Crippen molar-refractivity contribution in [2.24, 2.45) is 0 Å². The van der Waals surface area contributed by atoms with E-state index in [0.717, 1.165) is 24.3 Å². The number of carbonyl (C=O) groups excluding carboxylic acids is 2. The molecule has 1 saturated heterocycles. The number of Topliss-reactive ketones (excluding diaryl/α,β-unsaturated/α-hetero) is 1. The summed E-state index contributed by atoms with van der Waals surface area (Å²) in [6, 6.07) is 11.2. The zero-order chi connectivity index (χ0) is 16.9. The zero-order valence-electron chi connectivity index (χ0n) is 13.6. The summed E-state index contributed by atoms with van der Waals surface area (Å²) >= 11 is 0. The molecule has 1 aromatic heterocycles. The molecule has 0 spiro atoms. The highest BCUT2D eigenvalue weighted by Crippen LogP contribution is 2.18. The Morgan fingerprint density at radius 2 is 1.75 bits per heavy atom. The summed E-state index contributed by atoms with van der Waals surface area (Å²) in [5, 5.41) is 0. The number of anilines is 1. The molecule has 0 atom stereocenters. The van der Waals surface area contributed by atoms with Crippen LogP contribution in [-0.4, -0.2) is 42.8 Å². The van der Waals surface area contributed by atoms with E-state index in [1.54, 1.807) is 31.4 Å². The lowest BCUT2D eigenvalue weighted by Crippen LogP contribution is -2.48. The van der Waals surface area contributed by atoms with Gasteiger partial charge in [0.15, 0.2) is 5.78 Å². The van der Waals surface area contributed by atoms with Gasteiger partial charge in [-0.25, -0.2) is 0 Å². The van der Waals surface area contributed by atoms with Crippen LogP contribution >= 0.6 is 0 Å². The van der Waals surface area contributed by atoms with E-state index >= 15 is 0 Å². The van der Waals surface area contributed by atoms with Gasteiger partial charge in [-0.1, -0.05) is 0 Å². The van der Waals surface area contributed by atoms with Gasteiger partial charge in [-0.2, -0.15) is 0 Å². The minimum atomic E-state index is -0.00187. The maximum Gasteiger partial charge on any atom is 0.246 e. The van der Waals surface area contributed by atoms with E-state index in [9.17, 15) is 9.59 Å². The van der Waals surface area contributed by atoms with Crippen molar-refractivity contribution >= 4 is 23.5 Å². The number of ketones is 1. The third-order valence-corrected chi connectivity index (χ3v) is 4.16. The molecule has 3 rings (SSSR count). The van der Waals surface area contributed by atoms with Crippen LogP contribution in [0.5, 0.6) is 0 Å². The second kappa shape index (κ2) is 7.17. The summed E-state index contributed by atoms with van der Waals surface area (Å²) in [6.45, 7) is 4.47. The fraction of sp³-hybridized carbons (Fsp3) is 0.263. The fourth-order valence-corrected chi connectivity index (χ4v) is 2.74. The summed E-state index contributed by atoms with van der Waals surface area (Å²) in [6.07, 6.45) is 4.83. The van der Waals surface area contributed by atoms with Crippen LogP contribution in [0.15, 0.2) is 53.2 Å². The highest BCUT2D eigenvalue weighted by Gasteiger charge is 2.19. The molecule has 1 amide bonds. The maximum absolute atomic E-state index is 12.2. The van der Waals surface area contributed by atoms with Gasteiger partial charge in [0.2, 0.25) is 5.91 Å². The number of carbonyl (C=O) groups is 2. The van der Waals surface area contributed by atoms with Crippen molar-refractivity contribution in [2.45, 2.75) is 6.92 Å². The first-order valence-electron chi connectivity index (χ1n) is 8.00. The Morgan fingerprint density at radius 1 is 1.04 bits per heavy atom. The van der Waals surface area contributed by atoms with Crippen LogP contribution in [-0.2, 0) is 4.79 Å². The number of hydrogen-bond donors (Lipinski definition) is 0. The van der Waals surface area contributed by atoms with Crippen LogP contribution in [0.2, 0.25) is 0 Å². The predicted octanol–water partition coefficient (Wildman–Crippen LogP) is 2.84. The summed E-state index contributed by atoms with van der Waals surface area (Å²) < 4.78 is 5.18. The molecule has 0 saturated carbocycles. The molecule has 1 aliphatic heterocycles. The Labute approximate surface area is 141 Å². The van der Waals surface area contributed by atoms with Gasteiger partial charge in [0.25, 0.3) is 0 Å². The van der Waals surface area contributed by atoms with Crippen LogP contribution < -0.4 is 4.90 Å². The van der Waals surface area contributed by atoms with E-state index in [2.05, 4.69) is 4.90 Å². The fourth-order valence-electron chi connectivity index (χ4n) is 2.74. The molecule has 24 heavy (non-hydrogen) atoms. The molecular weight excluding hydrogens is 304 g/mol. The lowest BCUT2D eigenvalue weighted by molar-refractivity contribution is -0.126. The number of amides is 1. The quantitative estimate of drug-likeness (QED) is 0.641. The third-order valence-electron chi connectivity index (χ3n) is 4.16. The Hall–Kier alpha value is -2.82. The van der Waals surface area contributed by atoms with Crippen molar-refractivity contribution in [1.29, 1.82) is 0 Å². The SMILES string of the molecule is CC(=O)c1ccc(N2CCN(C(=O)/C=C/c3ccco3)CC2)cc1. The molecule has 0 bridgehead atoms. The monoisotopic (exact) mass is 324 g/mol. The number of piperazine rings is 1. The second-order valence-corrected chi connectivity index (χ2v) is 5.76. The molecule has 5 heteroatoms. The predicted molar refractivity (Wildman–Crippen MR) is 93.0 cm³/mol. The van der Waals surface area contributed by atoms with Crippen molar-refractivity contribution in [2.75, 3.05) is 31.1 Å². The average Bonchev–Trinajstić information content (AvgIpc) is 3.13. The van der Waals surface area contributed by atoms with Gasteiger partial charge in [-0.3, -0.25) is 9.59 Å². The Morgan fingerprint density at radius 3 is 2.33 bits per heavy atom. The highest BCUT2D eigenvalue weighted by molar-refractivity contribution is 5.94. The molecule has 2 aromatic rings. The second-order valence-electron chi connectivity index (χ2n) is 5.76. The van der Waals surface area contributed by atoms with Gasteiger partial charge in [0.1, 0.15) is 5.76 Å². The number of furan rings is 1. The minimum Gasteiger partial charge on any atom is -0.465 e. The average molecular weight is 324 g/mol. The number of hydrogen-bond acceptors (Lipinski definition) is 4. The van der Waals surface area contributed by atoms with E-state index in [4.69, 9.17) is 4.42 Å². The third kappa shape index (κ3) is 3.74. The van der Waals surface area contributed by atoms with Crippen LogP contribution in [0.4, 0.5) is 5.69 Å².